The maximum absolute atomic E-state index is 11.9. The highest BCUT2D eigenvalue weighted by molar-refractivity contribution is 9.10. The molecule has 2 aromatic carbocycles. The number of carbonyl (C=O) groups excluding carboxylic acids is 2. The van der Waals surface area contributed by atoms with Crippen LogP contribution in [0.2, 0.25) is 0 Å². The van der Waals surface area contributed by atoms with E-state index >= 15 is 0 Å². The molecule has 0 fully saturated rings. The Kier molecular flexibility index (Phi) is 5.41. The Morgan fingerprint density at radius 1 is 1.10 bits per heavy atom. The number of hydrogen-bond donors (Lipinski definition) is 2. The fraction of sp³-hybridized carbons (Fsp3) is 0.0667. The highest BCUT2D eigenvalue weighted by Gasteiger charge is 2.10. The zero-order valence-corrected chi connectivity index (χ0v) is 13.4. The van der Waals surface area contributed by atoms with Gasteiger partial charge in [-0.15, -0.1) is 11.8 Å². The van der Waals surface area contributed by atoms with E-state index in [2.05, 4.69) is 21.2 Å². The van der Waals surface area contributed by atoms with Gasteiger partial charge in [-0.2, -0.15) is 0 Å². The second kappa shape index (κ2) is 7.28. The molecule has 0 aliphatic heterocycles. The molecule has 4 nitrogen and oxygen atoms in total. The standard InChI is InChI=1S/C15H13BrN2O2S/c16-10-5-7-11(8-6-10)21-9-14(19)18-13-4-2-1-3-12(13)15(17)20/h1-8H,9H2,(H2,17,20)(H,18,19). The van der Waals surface area contributed by atoms with Crippen molar-refractivity contribution in [2.75, 3.05) is 11.1 Å². The van der Waals surface area contributed by atoms with Crippen molar-refractivity contribution < 1.29 is 9.59 Å². The van der Waals surface area contributed by atoms with Crippen LogP contribution in [0.4, 0.5) is 5.69 Å². The van der Waals surface area contributed by atoms with Gasteiger partial charge in [-0.25, -0.2) is 0 Å². The van der Waals surface area contributed by atoms with Crippen LogP contribution in [-0.4, -0.2) is 17.6 Å². The van der Waals surface area contributed by atoms with Gasteiger partial charge in [0.2, 0.25) is 5.91 Å². The normalized spacial score (nSPS) is 10.1. The molecule has 2 rings (SSSR count). The monoisotopic (exact) mass is 364 g/mol. The number of amides is 2. The van der Waals surface area contributed by atoms with Crippen LogP contribution in [0.25, 0.3) is 0 Å². The first kappa shape index (κ1) is 15.6. The average molecular weight is 365 g/mol. The van der Waals surface area contributed by atoms with Crippen molar-refractivity contribution in [1.29, 1.82) is 0 Å². The van der Waals surface area contributed by atoms with Crippen molar-refractivity contribution in [3.8, 4) is 0 Å². The Morgan fingerprint density at radius 3 is 2.43 bits per heavy atom. The summed E-state index contributed by atoms with van der Waals surface area (Å²) in [7, 11) is 0. The number of halogens is 1. The average Bonchev–Trinajstić information content (AvgIpc) is 2.47. The van der Waals surface area contributed by atoms with Crippen molar-refractivity contribution in [1.82, 2.24) is 0 Å². The van der Waals surface area contributed by atoms with E-state index in [1.807, 2.05) is 24.3 Å². The molecule has 6 heteroatoms. The third kappa shape index (κ3) is 4.61. The van der Waals surface area contributed by atoms with E-state index in [0.717, 1.165) is 9.37 Å². The van der Waals surface area contributed by atoms with Crippen LogP contribution >= 0.6 is 27.7 Å². The van der Waals surface area contributed by atoms with Crippen LogP contribution in [0, 0.1) is 0 Å². The summed E-state index contributed by atoms with van der Waals surface area (Å²) in [5.41, 5.74) is 6.01. The number of hydrogen-bond acceptors (Lipinski definition) is 3. The van der Waals surface area contributed by atoms with Gasteiger partial charge in [0.1, 0.15) is 0 Å². The molecule has 0 radical (unpaired) electrons. The first-order valence-corrected chi connectivity index (χ1v) is 7.91. The van der Waals surface area contributed by atoms with Gasteiger partial charge in [0.25, 0.3) is 5.91 Å². The molecule has 3 N–H and O–H groups in total. The second-order valence-electron chi connectivity index (χ2n) is 4.20. The van der Waals surface area contributed by atoms with E-state index in [0.29, 0.717) is 11.3 Å². The molecule has 2 amide bonds. The summed E-state index contributed by atoms with van der Waals surface area (Å²) in [6, 6.07) is 14.4. The summed E-state index contributed by atoms with van der Waals surface area (Å²) >= 11 is 4.78. The number of benzene rings is 2. The molecule has 21 heavy (non-hydrogen) atoms. The van der Waals surface area contributed by atoms with Crippen molar-refractivity contribution in [3.05, 3.63) is 58.6 Å². The molecule has 0 atom stereocenters. The summed E-state index contributed by atoms with van der Waals surface area (Å²) in [6.45, 7) is 0. The number of carbonyl (C=O) groups is 2. The Hall–Kier alpha value is -1.79. The van der Waals surface area contributed by atoms with Crippen LogP contribution in [0.15, 0.2) is 57.9 Å². The molecule has 0 aliphatic rings. The third-order valence-electron chi connectivity index (χ3n) is 2.65. The lowest BCUT2D eigenvalue weighted by atomic mass is 10.1. The lowest BCUT2D eigenvalue weighted by Gasteiger charge is -2.08. The zero-order valence-electron chi connectivity index (χ0n) is 11.0. The minimum absolute atomic E-state index is 0.184. The number of rotatable bonds is 5. The molecule has 0 spiro atoms. The van der Waals surface area contributed by atoms with Gasteiger partial charge < -0.3 is 11.1 Å². The van der Waals surface area contributed by atoms with Crippen molar-refractivity contribution in [2.45, 2.75) is 4.90 Å². The number of nitrogens with one attached hydrogen (secondary N) is 1. The SMILES string of the molecule is NC(=O)c1ccccc1NC(=O)CSc1ccc(Br)cc1. The molecular formula is C15H13BrN2O2S. The Morgan fingerprint density at radius 2 is 1.76 bits per heavy atom. The minimum atomic E-state index is -0.563. The van der Waals surface area contributed by atoms with Crippen LogP contribution < -0.4 is 11.1 Å². The fourth-order valence-corrected chi connectivity index (χ4v) is 2.64. The summed E-state index contributed by atoms with van der Waals surface area (Å²) in [5, 5.41) is 2.70. The quantitative estimate of drug-likeness (QED) is 0.799. The first-order chi connectivity index (χ1) is 10.1. The van der Waals surface area contributed by atoms with Gasteiger partial charge >= 0.3 is 0 Å². The number of thioether (sulfide) groups is 1. The molecule has 0 saturated heterocycles. The van der Waals surface area contributed by atoms with Crippen LogP contribution in [0.5, 0.6) is 0 Å². The molecule has 108 valence electrons. The summed E-state index contributed by atoms with van der Waals surface area (Å²) in [4.78, 5) is 24.2. The van der Waals surface area contributed by atoms with Gasteiger partial charge in [-0.1, -0.05) is 28.1 Å². The largest absolute Gasteiger partial charge is 0.366 e. The number of nitrogens with two attached hydrogens (primary N) is 1. The van der Waals surface area contributed by atoms with E-state index in [1.165, 1.54) is 11.8 Å². The Bertz CT molecular complexity index is 659. The van der Waals surface area contributed by atoms with Gasteiger partial charge in [0.15, 0.2) is 0 Å². The third-order valence-corrected chi connectivity index (χ3v) is 4.19. The Balaban J connectivity index is 1.96. The molecule has 0 unspecified atom stereocenters. The first-order valence-electron chi connectivity index (χ1n) is 6.13. The predicted octanol–water partition coefficient (Wildman–Crippen LogP) is 3.28. The highest BCUT2D eigenvalue weighted by atomic mass is 79.9. The van der Waals surface area contributed by atoms with Crippen LogP contribution in [0.1, 0.15) is 10.4 Å². The number of para-hydroxylation sites is 1. The molecular weight excluding hydrogens is 352 g/mol. The van der Waals surface area contributed by atoms with Crippen molar-refractivity contribution in [3.63, 3.8) is 0 Å². The molecule has 2 aromatic rings. The van der Waals surface area contributed by atoms with Crippen molar-refractivity contribution in [2.24, 2.45) is 5.73 Å². The number of primary amides is 1. The van der Waals surface area contributed by atoms with Gasteiger partial charge in [-0.3, -0.25) is 9.59 Å². The smallest absolute Gasteiger partial charge is 0.250 e. The predicted molar refractivity (Wildman–Crippen MR) is 88.5 cm³/mol. The minimum Gasteiger partial charge on any atom is -0.366 e. The van der Waals surface area contributed by atoms with E-state index in [1.54, 1.807) is 24.3 Å². The molecule has 0 aromatic heterocycles. The second-order valence-corrected chi connectivity index (χ2v) is 6.17. The van der Waals surface area contributed by atoms with Crippen LogP contribution in [-0.2, 0) is 4.79 Å². The van der Waals surface area contributed by atoms with E-state index in [9.17, 15) is 9.59 Å². The topological polar surface area (TPSA) is 72.2 Å². The molecule has 0 saturated carbocycles. The van der Waals surface area contributed by atoms with Gasteiger partial charge in [0, 0.05) is 9.37 Å². The molecule has 0 bridgehead atoms. The van der Waals surface area contributed by atoms with Gasteiger partial charge in [0.05, 0.1) is 17.0 Å². The Labute approximate surface area is 135 Å². The lowest BCUT2D eigenvalue weighted by molar-refractivity contribution is -0.113. The van der Waals surface area contributed by atoms with Gasteiger partial charge in [-0.05, 0) is 36.4 Å². The summed E-state index contributed by atoms with van der Waals surface area (Å²) < 4.78 is 0.992. The number of anilines is 1. The molecule has 0 heterocycles. The van der Waals surface area contributed by atoms with E-state index in [4.69, 9.17) is 5.73 Å². The fourth-order valence-electron chi connectivity index (χ4n) is 1.67. The van der Waals surface area contributed by atoms with E-state index in [-0.39, 0.29) is 11.7 Å². The van der Waals surface area contributed by atoms with Crippen LogP contribution in [0.3, 0.4) is 0 Å². The maximum Gasteiger partial charge on any atom is 0.250 e. The lowest BCUT2D eigenvalue weighted by Crippen LogP contribution is -2.19. The highest BCUT2D eigenvalue weighted by Crippen LogP contribution is 2.21. The summed E-state index contributed by atoms with van der Waals surface area (Å²) in [5.74, 6) is -0.488. The van der Waals surface area contributed by atoms with Crippen molar-refractivity contribution >= 4 is 45.2 Å². The zero-order chi connectivity index (χ0) is 15.2. The molecule has 0 aliphatic carbocycles. The summed E-state index contributed by atoms with van der Waals surface area (Å²) in [6.07, 6.45) is 0. The van der Waals surface area contributed by atoms with E-state index < -0.39 is 5.91 Å². The maximum atomic E-state index is 11.9.